The van der Waals surface area contributed by atoms with Crippen LogP contribution in [0.2, 0.25) is 0 Å². The van der Waals surface area contributed by atoms with Crippen molar-refractivity contribution in [1.82, 2.24) is 0 Å². The van der Waals surface area contributed by atoms with Gasteiger partial charge in [-0.15, -0.1) is 0 Å². The van der Waals surface area contributed by atoms with E-state index >= 15 is 0 Å². The minimum absolute atomic E-state index is 1.24. The summed E-state index contributed by atoms with van der Waals surface area (Å²) in [5, 5.41) is 7.83. The average molecular weight is 540 g/mol. The van der Waals surface area contributed by atoms with Gasteiger partial charge in [0.25, 0.3) is 0 Å². The number of hydrogen-bond acceptors (Lipinski definition) is 1. The molecule has 0 saturated heterocycles. The summed E-state index contributed by atoms with van der Waals surface area (Å²) in [7, 11) is 0. The molecule has 1 heteroatoms. The van der Waals surface area contributed by atoms with Crippen LogP contribution in [-0.4, -0.2) is 0 Å². The predicted octanol–water partition coefficient (Wildman–Crippen LogP) is 11.5. The summed E-state index contributed by atoms with van der Waals surface area (Å²) in [6.07, 6.45) is 4.43. The summed E-state index contributed by atoms with van der Waals surface area (Å²) in [6.45, 7) is 2.19. The van der Waals surface area contributed by atoms with Gasteiger partial charge in [0, 0.05) is 16.2 Å². The maximum absolute atomic E-state index is 2.39. The Morgan fingerprint density at radius 2 is 0.927 bits per heavy atom. The standard InChI is InChI=1S/C40H27S/c1-26-10-2-9-17-39(26)41-40-23-21-29(24-37(40)27-18-19-27)31-12-4-3-11-30(31)28-20-22-36-34-15-6-5-13-32(34)33-14-7-8-16-35(33)38(36)25-28/h2-25H,1H3. The second-order valence-corrected chi connectivity index (χ2v) is 11.8. The molecule has 0 saturated carbocycles. The van der Waals surface area contributed by atoms with Crippen molar-refractivity contribution in [2.24, 2.45) is 0 Å². The monoisotopic (exact) mass is 539 g/mol. The van der Waals surface area contributed by atoms with Gasteiger partial charge >= 0.3 is 0 Å². The Hall–Kier alpha value is -4.59. The predicted molar refractivity (Wildman–Crippen MR) is 177 cm³/mol. The zero-order valence-corrected chi connectivity index (χ0v) is 23.6. The molecule has 8 rings (SSSR count). The Morgan fingerprint density at radius 1 is 0.415 bits per heavy atom. The number of allylic oxidation sites excluding steroid dienone is 2. The highest BCUT2D eigenvalue weighted by Gasteiger charge is 2.19. The van der Waals surface area contributed by atoms with Crippen molar-refractivity contribution in [3.8, 4) is 22.3 Å². The van der Waals surface area contributed by atoms with Crippen molar-refractivity contribution in [3.63, 3.8) is 0 Å². The minimum atomic E-state index is 1.24. The Balaban J connectivity index is 1.28. The molecule has 0 N–H and O–H groups in total. The molecule has 7 aromatic carbocycles. The van der Waals surface area contributed by atoms with E-state index < -0.39 is 0 Å². The fourth-order valence-electron chi connectivity index (χ4n) is 6.08. The van der Waals surface area contributed by atoms with E-state index in [9.17, 15) is 0 Å². The first-order valence-electron chi connectivity index (χ1n) is 14.1. The fraction of sp³-hybridized carbons (Fsp3) is 0.0250. The van der Waals surface area contributed by atoms with Gasteiger partial charge in [-0.1, -0.05) is 127 Å². The molecular formula is C40H27S. The maximum atomic E-state index is 2.39. The lowest BCUT2D eigenvalue weighted by atomic mass is 9.89. The van der Waals surface area contributed by atoms with E-state index in [4.69, 9.17) is 0 Å². The van der Waals surface area contributed by atoms with Crippen LogP contribution in [0.25, 0.3) is 60.1 Å². The van der Waals surface area contributed by atoms with E-state index in [2.05, 4.69) is 153 Å². The summed E-state index contributed by atoms with van der Waals surface area (Å²) in [6, 6.07) is 49.0. The van der Waals surface area contributed by atoms with Gasteiger partial charge in [-0.3, -0.25) is 0 Å². The molecule has 0 aliphatic heterocycles. The van der Waals surface area contributed by atoms with Crippen LogP contribution in [0.1, 0.15) is 11.1 Å². The Morgan fingerprint density at radius 3 is 1.56 bits per heavy atom. The van der Waals surface area contributed by atoms with Crippen LogP contribution in [0.15, 0.2) is 149 Å². The van der Waals surface area contributed by atoms with Crippen LogP contribution in [-0.2, 0) is 0 Å². The third-order valence-electron chi connectivity index (χ3n) is 8.23. The van der Waals surface area contributed by atoms with Crippen LogP contribution in [0.4, 0.5) is 0 Å². The molecule has 0 unspecified atom stereocenters. The molecule has 0 amide bonds. The van der Waals surface area contributed by atoms with E-state index in [1.807, 2.05) is 11.8 Å². The van der Waals surface area contributed by atoms with E-state index in [0.29, 0.717) is 0 Å². The van der Waals surface area contributed by atoms with Crippen molar-refractivity contribution >= 4 is 49.7 Å². The molecule has 0 spiro atoms. The lowest BCUT2D eigenvalue weighted by Gasteiger charge is -2.16. The fourth-order valence-corrected chi connectivity index (χ4v) is 7.12. The lowest BCUT2D eigenvalue weighted by molar-refractivity contribution is 1.29. The van der Waals surface area contributed by atoms with E-state index in [1.165, 1.54) is 81.1 Å². The van der Waals surface area contributed by atoms with Crippen LogP contribution >= 0.6 is 11.8 Å². The zero-order chi connectivity index (χ0) is 27.3. The van der Waals surface area contributed by atoms with Gasteiger partial charge in [-0.05, 0) is 102 Å². The molecule has 1 radical (unpaired) electrons. The molecule has 0 atom stereocenters. The van der Waals surface area contributed by atoms with Crippen molar-refractivity contribution in [1.29, 1.82) is 0 Å². The molecule has 0 heterocycles. The summed E-state index contributed by atoms with van der Waals surface area (Å²) < 4.78 is 0. The normalized spacial score (nSPS) is 12.7. The summed E-state index contributed by atoms with van der Waals surface area (Å²) in [5.74, 6) is 0. The molecule has 0 bridgehead atoms. The molecule has 41 heavy (non-hydrogen) atoms. The van der Waals surface area contributed by atoms with E-state index in [1.54, 1.807) is 0 Å². The molecular weight excluding hydrogens is 513 g/mol. The van der Waals surface area contributed by atoms with Gasteiger partial charge in [-0.2, -0.15) is 0 Å². The van der Waals surface area contributed by atoms with Gasteiger partial charge in [0.1, 0.15) is 0 Å². The topological polar surface area (TPSA) is 0 Å². The molecule has 1 aliphatic carbocycles. The first-order chi connectivity index (χ1) is 20.2. The van der Waals surface area contributed by atoms with Crippen LogP contribution in [0.5, 0.6) is 0 Å². The van der Waals surface area contributed by atoms with Crippen molar-refractivity contribution in [2.75, 3.05) is 0 Å². The van der Waals surface area contributed by atoms with E-state index in [0.717, 1.165) is 0 Å². The minimum Gasteiger partial charge on any atom is -0.0892 e. The number of rotatable bonds is 5. The highest BCUT2D eigenvalue weighted by Crippen LogP contribution is 2.44. The van der Waals surface area contributed by atoms with E-state index in [-0.39, 0.29) is 0 Å². The highest BCUT2D eigenvalue weighted by molar-refractivity contribution is 7.99. The van der Waals surface area contributed by atoms with Crippen LogP contribution < -0.4 is 0 Å². The van der Waals surface area contributed by atoms with Crippen molar-refractivity contribution in [2.45, 2.75) is 16.7 Å². The molecule has 0 aromatic heterocycles. The molecule has 0 nitrogen and oxygen atoms in total. The van der Waals surface area contributed by atoms with Gasteiger partial charge in [0.05, 0.1) is 0 Å². The van der Waals surface area contributed by atoms with Gasteiger partial charge in [0.15, 0.2) is 0 Å². The van der Waals surface area contributed by atoms with Gasteiger partial charge < -0.3 is 0 Å². The second kappa shape index (κ2) is 9.80. The smallest absolute Gasteiger partial charge is 0.0198 e. The lowest BCUT2D eigenvalue weighted by Crippen LogP contribution is -1.90. The summed E-state index contributed by atoms with van der Waals surface area (Å²) in [5.41, 5.74) is 8.94. The first kappa shape index (κ1) is 24.2. The maximum Gasteiger partial charge on any atom is 0.0198 e. The number of benzene rings is 7. The van der Waals surface area contributed by atoms with Crippen molar-refractivity contribution in [3.05, 3.63) is 157 Å². The number of hydrogen-bond donors (Lipinski definition) is 0. The summed E-state index contributed by atoms with van der Waals surface area (Å²) in [4.78, 5) is 2.60. The average Bonchev–Trinajstić information content (AvgIpc) is 3.88. The van der Waals surface area contributed by atoms with Gasteiger partial charge in [-0.25, -0.2) is 0 Å². The quantitative estimate of drug-likeness (QED) is 0.196. The first-order valence-corrected chi connectivity index (χ1v) is 14.9. The third kappa shape index (κ3) is 4.25. The van der Waals surface area contributed by atoms with Crippen LogP contribution in [0.3, 0.4) is 0 Å². The Labute approximate surface area is 245 Å². The Bertz CT molecular complexity index is 2130. The Kier molecular flexibility index (Phi) is 5.79. The van der Waals surface area contributed by atoms with Crippen LogP contribution in [0, 0.1) is 13.3 Å². The molecule has 193 valence electrons. The second-order valence-electron chi connectivity index (χ2n) is 10.8. The largest absolute Gasteiger partial charge is 0.0892 e. The third-order valence-corrected chi connectivity index (χ3v) is 9.48. The summed E-state index contributed by atoms with van der Waals surface area (Å²) >= 11 is 1.86. The van der Waals surface area contributed by atoms with Gasteiger partial charge in [0.2, 0.25) is 0 Å². The highest BCUT2D eigenvalue weighted by atomic mass is 32.2. The SMILES string of the molecule is Cc1ccccc1Sc1ccc(-c2ccccc2-c2ccc3c4ccccc4c4ccccc4c3c2)cc1C1=C[CH]1. The number of fused-ring (bicyclic) bond motifs is 6. The number of aryl methyl sites for hydroxylation is 1. The molecule has 0 fully saturated rings. The zero-order valence-electron chi connectivity index (χ0n) is 22.8. The molecule has 7 aromatic rings. The molecule has 1 aliphatic rings. The van der Waals surface area contributed by atoms with Crippen molar-refractivity contribution < 1.29 is 0 Å².